The van der Waals surface area contributed by atoms with E-state index in [4.69, 9.17) is 14.0 Å². The molecular formula is C24H27F2N5O7. The van der Waals surface area contributed by atoms with Gasteiger partial charge in [0.25, 0.3) is 0 Å². The first-order chi connectivity index (χ1) is 18.2. The van der Waals surface area contributed by atoms with Gasteiger partial charge < -0.3 is 29.3 Å². The monoisotopic (exact) mass is 535 g/mol. The molecule has 2 aromatic rings. The summed E-state index contributed by atoms with van der Waals surface area (Å²) in [6.07, 6.45) is -2.87. The molecule has 0 bridgehead atoms. The van der Waals surface area contributed by atoms with Gasteiger partial charge in [-0.1, -0.05) is 5.16 Å². The van der Waals surface area contributed by atoms with Crippen molar-refractivity contribution in [2.45, 2.75) is 63.6 Å². The third-order valence-electron chi connectivity index (χ3n) is 7.98. The van der Waals surface area contributed by atoms with E-state index < -0.39 is 60.4 Å². The zero-order valence-corrected chi connectivity index (χ0v) is 20.7. The minimum absolute atomic E-state index is 0.0230. The standard InChI is InChI=1S/C24H27F2N5O7/c1-10-8-30-16-12(7-24(18(30)11(2)37-10)20(32)27-22(34)28-21(24)33)6-14-17(15(16)26)38-29-19(14)31-13(4-3-5-25)9-36-23(31)35/h6,10-11,13,18,20,32H,3-5,7-9H2,1-2H3,(H2,27,28,33,34)/t10-,11+,13+,18-,20?,24?/m1/s1. The van der Waals surface area contributed by atoms with Gasteiger partial charge in [-0.2, -0.15) is 0 Å². The van der Waals surface area contributed by atoms with Gasteiger partial charge in [0.2, 0.25) is 11.5 Å². The van der Waals surface area contributed by atoms with E-state index in [-0.39, 0.29) is 54.6 Å². The molecule has 4 aliphatic heterocycles. The predicted octanol–water partition coefficient (Wildman–Crippen LogP) is 1.72. The Kier molecular flexibility index (Phi) is 5.72. The number of alkyl halides is 1. The number of aromatic nitrogens is 1. The fraction of sp³-hybridized carbons (Fsp3) is 0.583. The van der Waals surface area contributed by atoms with Crippen molar-refractivity contribution in [3.05, 3.63) is 17.4 Å². The Morgan fingerprint density at radius 2 is 2.08 bits per heavy atom. The number of urea groups is 1. The van der Waals surface area contributed by atoms with E-state index in [1.165, 1.54) is 4.90 Å². The SMILES string of the molecule is C[C@@H]1CN2c3c(cc4c(N5C(=O)OC[C@@H]5CCCF)noc4c3F)CC3(C(=O)NC(=O)NC3O)[C@H]2[C@H](C)O1. The molecule has 4 aliphatic rings. The lowest BCUT2D eigenvalue weighted by molar-refractivity contribution is -0.155. The molecule has 4 amide bonds. The molecule has 6 rings (SSSR count). The Hall–Kier alpha value is -3.52. The summed E-state index contributed by atoms with van der Waals surface area (Å²) in [7, 11) is 0. The highest BCUT2D eigenvalue weighted by atomic mass is 19.1. The van der Waals surface area contributed by atoms with Crippen molar-refractivity contribution in [3.63, 3.8) is 0 Å². The average Bonchev–Trinajstić information content (AvgIpc) is 3.43. The van der Waals surface area contributed by atoms with Crippen molar-refractivity contribution in [2.75, 3.05) is 29.6 Å². The van der Waals surface area contributed by atoms with Gasteiger partial charge >= 0.3 is 12.1 Å². The maximum atomic E-state index is 16.3. The third kappa shape index (κ3) is 3.39. The van der Waals surface area contributed by atoms with Crippen LogP contribution in [0.3, 0.4) is 0 Å². The smallest absolute Gasteiger partial charge is 0.416 e. The summed E-state index contributed by atoms with van der Waals surface area (Å²) in [5.74, 6) is -1.42. The van der Waals surface area contributed by atoms with Crippen molar-refractivity contribution in [1.82, 2.24) is 15.8 Å². The van der Waals surface area contributed by atoms with E-state index in [1.807, 2.05) is 6.92 Å². The van der Waals surface area contributed by atoms with Crippen molar-refractivity contribution in [1.29, 1.82) is 0 Å². The van der Waals surface area contributed by atoms with Gasteiger partial charge in [-0.3, -0.25) is 19.4 Å². The van der Waals surface area contributed by atoms with Crippen LogP contribution in [-0.4, -0.2) is 78.6 Å². The number of hydrogen-bond acceptors (Lipinski definition) is 9. The van der Waals surface area contributed by atoms with Crippen LogP contribution in [0, 0.1) is 11.2 Å². The van der Waals surface area contributed by atoms with E-state index >= 15 is 4.39 Å². The van der Waals surface area contributed by atoms with Crippen LogP contribution in [0.1, 0.15) is 32.3 Å². The number of amides is 4. The van der Waals surface area contributed by atoms with Crippen LogP contribution < -0.4 is 20.4 Å². The molecule has 12 nitrogen and oxygen atoms in total. The second-order valence-electron chi connectivity index (χ2n) is 10.3. The minimum atomic E-state index is -1.60. The van der Waals surface area contributed by atoms with Gasteiger partial charge in [0, 0.05) is 6.54 Å². The number of morpholine rings is 1. The van der Waals surface area contributed by atoms with E-state index in [1.54, 1.807) is 17.9 Å². The first-order valence-electron chi connectivity index (χ1n) is 12.5. The van der Waals surface area contributed by atoms with Crippen LogP contribution >= 0.6 is 0 Å². The summed E-state index contributed by atoms with van der Waals surface area (Å²) in [5.41, 5.74) is -1.26. The minimum Gasteiger partial charge on any atom is -0.447 e. The first kappa shape index (κ1) is 24.8. The lowest BCUT2D eigenvalue weighted by Gasteiger charge is -2.57. The summed E-state index contributed by atoms with van der Waals surface area (Å²) in [6, 6.07) is -0.590. The maximum absolute atomic E-state index is 16.3. The average molecular weight is 536 g/mol. The van der Waals surface area contributed by atoms with Gasteiger partial charge in [-0.25, -0.2) is 14.0 Å². The molecule has 0 aliphatic carbocycles. The van der Waals surface area contributed by atoms with Crippen molar-refractivity contribution < 1.29 is 42.3 Å². The highest BCUT2D eigenvalue weighted by molar-refractivity contribution is 6.04. The quantitative estimate of drug-likeness (QED) is 0.533. The van der Waals surface area contributed by atoms with Crippen LogP contribution in [0.4, 0.5) is 29.9 Å². The van der Waals surface area contributed by atoms with Crippen LogP contribution in [0.15, 0.2) is 10.6 Å². The number of nitrogens with zero attached hydrogens (tertiary/aromatic N) is 3. The maximum Gasteiger partial charge on any atom is 0.416 e. The molecule has 2 unspecified atom stereocenters. The van der Waals surface area contributed by atoms with Gasteiger partial charge in [-0.05, 0) is 44.7 Å². The van der Waals surface area contributed by atoms with Crippen molar-refractivity contribution in [3.8, 4) is 0 Å². The van der Waals surface area contributed by atoms with Gasteiger partial charge in [0.1, 0.15) is 18.2 Å². The lowest BCUT2D eigenvalue weighted by Crippen LogP contribution is -2.76. The van der Waals surface area contributed by atoms with Crippen molar-refractivity contribution in [2.24, 2.45) is 5.41 Å². The normalized spacial score (nSPS) is 32.8. The topological polar surface area (TPSA) is 146 Å². The number of aliphatic hydroxyl groups excluding tert-OH is 1. The van der Waals surface area contributed by atoms with Crippen LogP contribution in [0.25, 0.3) is 11.0 Å². The highest BCUT2D eigenvalue weighted by Crippen LogP contribution is 2.50. The summed E-state index contributed by atoms with van der Waals surface area (Å²) in [5, 5.41) is 19.9. The number of imide groups is 1. The summed E-state index contributed by atoms with van der Waals surface area (Å²) < 4.78 is 45.6. The number of nitrogens with one attached hydrogen (secondary N) is 2. The second kappa shape index (κ2) is 8.76. The zero-order chi connectivity index (χ0) is 26.9. The third-order valence-corrected chi connectivity index (χ3v) is 7.98. The Balaban J connectivity index is 1.52. The van der Waals surface area contributed by atoms with Gasteiger partial charge in [0.15, 0.2) is 11.6 Å². The molecule has 3 saturated heterocycles. The number of aliphatic hydroxyl groups is 1. The number of fused-ring (bicyclic) bond motifs is 5. The number of cyclic esters (lactones) is 1. The summed E-state index contributed by atoms with van der Waals surface area (Å²) in [4.78, 5) is 40.9. The Morgan fingerprint density at radius 3 is 2.82 bits per heavy atom. The first-order valence-corrected chi connectivity index (χ1v) is 12.5. The lowest BCUT2D eigenvalue weighted by atomic mass is 9.66. The Morgan fingerprint density at radius 1 is 1.29 bits per heavy atom. The molecule has 3 N–H and O–H groups in total. The van der Waals surface area contributed by atoms with Crippen LogP contribution in [0.5, 0.6) is 0 Å². The second-order valence-corrected chi connectivity index (χ2v) is 10.3. The van der Waals surface area contributed by atoms with Crippen LogP contribution in [0.2, 0.25) is 0 Å². The number of ether oxygens (including phenoxy) is 2. The molecule has 1 spiro atoms. The highest BCUT2D eigenvalue weighted by Gasteiger charge is 2.63. The molecule has 0 saturated carbocycles. The Labute approximate surface area is 215 Å². The van der Waals surface area contributed by atoms with Gasteiger partial charge in [0.05, 0.1) is 42.0 Å². The number of hydrogen-bond donors (Lipinski definition) is 3. The van der Waals surface area contributed by atoms with E-state index in [0.29, 0.717) is 12.0 Å². The number of benzene rings is 1. The van der Waals surface area contributed by atoms with E-state index in [0.717, 1.165) is 0 Å². The van der Waals surface area contributed by atoms with Gasteiger partial charge in [-0.15, -0.1) is 0 Å². The molecule has 3 fully saturated rings. The molecule has 6 atom stereocenters. The number of halogens is 2. The summed E-state index contributed by atoms with van der Waals surface area (Å²) >= 11 is 0. The number of anilines is 2. The van der Waals surface area contributed by atoms with E-state index in [9.17, 15) is 23.9 Å². The molecule has 5 heterocycles. The fourth-order valence-corrected chi connectivity index (χ4v) is 6.51. The van der Waals surface area contributed by atoms with E-state index in [2.05, 4.69) is 15.8 Å². The molecule has 0 radical (unpaired) electrons. The molecule has 38 heavy (non-hydrogen) atoms. The number of carbonyl (C=O) groups is 3. The summed E-state index contributed by atoms with van der Waals surface area (Å²) in [6.45, 7) is 3.20. The molecule has 1 aromatic carbocycles. The van der Waals surface area contributed by atoms with Crippen molar-refractivity contribution >= 4 is 40.5 Å². The molecule has 204 valence electrons. The molecular weight excluding hydrogens is 508 g/mol. The molecule has 14 heteroatoms. The number of rotatable bonds is 4. The number of carbonyl (C=O) groups excluding carboxylic acids is 3. The fourth-order valence-electron chi connectivity index (χ4n) is 6.51. The predicted molar refractivity (Wildman–Crippen MR) is 127 cm³/mol. The zero-order valence-electron chi connectivity index (χ0n) is 20.7. The van der Waals surface area contributed by atoms with Crippen LogP contribution in [-0.2, 0) is 20.7 Å². The molecule has 1 aromatic heterocycles. The largest absolute Gasteiger partial charge is 0.447 e. The Bertz CT molecular complexity index is 1340.